The highest BCUT2D eigenvalue weighted by molar-refractivity contribution is 7.13. The summed E-state index contributed by atoms with van der Waals surface area (Å²) < 4.78 is 14.5. The van der Waals surface area contributed by atoms with Gasteiger partial charge >= 0.3 is 6.03 Å². The molecule has 1 aliphatic rings. The van der Waals surface area contributed by atoms with Crippen LogP contribution in [0.4, 0.5) is 20.6 Å². The van der Waals surface area contributed by atoms with Gasteiger partial charge in [0, 0.05) is 35.7 Å². The van der Waals surface area contributed by atoms with Crippen molar-refractivity contribution in [1.29, 1.82) is 0 Å². The van der Waals surface area contributed by atoms with Gasteiger partial charge in [-0.2, -0.15) is 0 Å². The molecule has 0 saturated carbocycles. The number of nitro groups is 1. The quantitative estimate of drug-likeness (QED) is 0.115. The minimum absolute atomic E-state index is 0.168. The molecule has 5 rings (SSSR count). The number of aromatic nitrogens is 1. The number of thiazole rings is 1. The number of carbonyl (C=O) groups excluding carboxylic acids is 1. The molecule has 2 N–H and O–H groups in total. The number of hydrogen-bond acceptors (Lipinski definition) is 6. The molecule has 0 unspecified atom stereocenters. The fourth-order valence-corrected chi connectivity index (χ4v) is 5.84. The largest absolute Gasteiger partial charge is 0.322 e. The van der Waals surface area contributed by atoms with E-state index < -0.39 is 16.8 Å². The number of hydrogen-bond donors (Lipinski definition) is 2. The van der Waals surface area contributed by atoms with E-state index in [2.05, 4.69) is 54.0 Å². The highest BCUT2D eigenvalue weighted by Crippen LogP contribution is 2.30. The van der Waals surface area contributed by atoms with Crippen molar-refractivity contribution in [3.8, 4) is 10.6 Å². The molecular weight excluding hydrogens is 541 g/mol. The van der Waals surface area contributed by atoms with Crippen LogP contribution in [0, 0.1) is 15.9 Å². The molecule has 0 saturated heterocycles. The maximum atomic E-state index is 14.5. The van der Waals surface area contributed by atoms with Gasteiger partial charge < -0.3 is 15.5 Å². The number of unbranched alkanes of at least 4 members (excludes halogenated alkanes) is 1. The summed E-state index contributed by atoms with van der Waals surface area (Å²) >= 11 is 1.51. The maximum Gasteiger partial charge on any atom is 0.322 e. The molecule has 0 atom stereocenters. The molecule has 4 aromatic rings. The van der Waals surface area contributed by atoms with E-state index >= 15 is 0 Å². The maximum absolute atomic E-state index is 14.5. The number of fused-ring (bicyclic) bond motifs is 1. The van der Waals surface area contributed by atoms with E-state index in [1.807, 2.05) is 17.5 Å². The lowest BCUT2D eigenvalue weighted by Gasteiger charge is -2.28. The standard InChI is InChI=1S/C31H32FN5O3S/c1-2-3-14-33-18-21-8-10-22(11-9-21)30-34-25(20-41-30)19-36(27-15-23-6-4-5-7-24(23)16-27)31(38)35-29-17-26(37(39)40)12-13-28(29)32/h4-13,17,20,27,33H,2-3,14-16,18-19H2,1H3,(H,35,38). The number of rotatable bonds is 11. The molecule has 0 aliphatic heterocycles. The molecule has 2 amide bonds. The van der Waals surface area contributed by atoms with E-state index in [1.165, 1.54) is 28.0 Å². The Balaban J connectivity index is 1.33. The van der Waals surface area contributed by atoms with Crippen LogP contribution >= 0.6 is 11.3 Å². The topological polar surface area (TPSA) is 100 Å². The van der Waals surface area contributed by atoms with Crippen molar-refractivity contribution in [3.63, 3.8) is 0 Å². The SMILES string of the molecule is CCCCNCc1ccc(-c2nc(CN(C(=O)Nc3cc([N+](=O)[O-])ccc3F)C3Cc4ccccc4C3)cs2)cc1. The average molecular weight is 574 g/mol. The highest BCUT2D eigenvalue weighted by atomic mass is 32.1. The summed E-state index contributed by atoms with van der Waals surface area (Å²) in [4.78, 5) is 30.7. The van der Waals surface area contributed by atoms with Crippen LogP contribution in [-0.2, 0) is 25.9 Å². The zero-order valence-corrected chi connectivity index (χ0v) is 23.6. The molecule has 212 valence electrons. The number of nitro benzene ring substituents is 1. The lowest BCUT2D eigenvalue weighted by molar-refractivity contribution is -0.384. The van der Waals surface area contributed by atoms with E-state index in [0.29, 0.717) is 12.8 Å². The van der Waals surface area contributed by atoms with Crippen molar-refractivity contribution < 1.29 is 14.1 Å². The average Bonchev–Trinajstić information content (AvgIpc) is 3.62. The second-order valence-electron chi connectivity index (χ2n) is 10.2. The summed E-state index contributed by atoms with van der Waals surface area (Å²) in [6.07, 6.45) is 3.64. The fourth-order valence-electron chi connectivity index (χ4n) is 5.02. The predicted molar refractivity (Wildman–Crippen MR) is 159 cm³/mol. The number of benzene rings is 3. The first-order valence-corrected chi connectivity index (χ1v) is 14.6. The molecule has 0 spiro atoms. The molecule has 41 heavy (non-hydrogen) atoms. The van der Waals surface area contributed by atoms with Crippen molar-refractivity contribution in [2.24, 2.45) is 0 Å². The summed E-state index contributed by atoms with van der Waals surface area (Å²) in [5.41, 5.74) is 4.74. The van der Waals surface area contributed by atoms with Gasteiger partial charge in [-0.15, -0.1) is 11.3 Å². The first-order chi connectivity index (χ1) is 19.9. The number of non-ortho nitro benzene ring substituents is 1. The monoisotopic (exact) mass is 573 g/mol. The lowest BCUT2D eigenvalue weighted by atomic mass is 10.1. The van der Waals surface area contributed by atoms with E-state index in [0.717, 1.165) is 60.4 Å². The van der Waals surface area contributed by atoms with Crippen molar-refractivity contribution >= 4 is 28.7 Å². The number of halogens is 1. The van der Waals surface area contributed by atoms with Gasteiger partial charge in [-0.25, -0.2) is 14.2 Å². The van der Waals surface area contributed by atoms with E-state index in [9.17, 15) is 19.3 Å². The van der Waals surface area contributed by atoms with Crippen molar-refractivity contribution in [1.82, 2.24) is 15.2 Å². The first-order valence-electron chi connectivity index (χ1n) is 13.7. The second kappa shape index (κ2) is 13.0. The summed E-state index contributed by atoms with van der Waals surface area (Å²) in [5, 5.41) is 20.0. The number of nitrogens with zero attached hydrogens (tertiary/aromatic N) is 3. The van der Waals surface area contributed by atoms with Gasteiger partial charge in [-0.05, 0) is 48.6 Å². The lowest BCUT2D eigenvalue weighted by Crippen LogP contribution is -2.43. The normalized spacial score (nSPS) is 12.7. The molecule has 0 bridgehead atoms. The minimum atomic E-state index is -0.737. The van der Waals surface area contributed by atoms with E-state index in [4.69, 9.17) is 4.98 Å². The van der Waals surface area contributed by atoms with Crippen molar-refractivity contribution in [2.45, 2.75) is 51.7 Å². The third-order valence-corrected chi connectivity index (χ3v) is 8.19. The summed E-state index contributed by atoms with van der Waals surface area (Å²) in [7, 11) is 0. The Morgan fingerprint density at radius 3 is 2.54 bits per heavy atom. The fraction of sp³-hybridized carbons (Fsp3) is 0.290. The van der Waals surface area contributed by atoms with Crippen LogP contribution in [0.1, 0.15) is 42.1 Å². The van der Waals surface area contributed by atoms with Gasteiger partial charge in [0.2, 0.25) is 0 Å². The minimum Gasteiger partial charge on any atom is -0.315 e. The summed E-state index contributed by atoms with van der Waals surface area (Å²) in [6.45, 7) is 4.21. The first kappa shape index (κ1) is 28.4. The van der Waals surface area contributed by atoms with Crippen molar-refractivity contribution in [2.75, 3.05) is 11.9 Å². The smallest absolute Gasteiger partial charge is 0.315 e. The van der Waals surface area contributed by atoms with Gasteiger partial charge in [0.05, 0.1) is 22.8 Å². The van der Waals surface area contributed by atoms with Gasteiger partial charge in [0.25, 0.3) is 5.69 Å². The Labute approximate surface area is 242 Å². The number of urea groups is 1. The molecule has 0 fully saturated rings. The summed E-state index contributed by atoms with van der Waals surface area (Å²) in [5.74, 6) is -0.737. The van der Waals surface area contributed by atoms with E-state index in [-0.39, 0.29) is 24.0 Å². The summed E-state index contributed by atoms with van der Waals surface area (Å²) in [6, 6.07) is 18.8. The molecule has 3 aromatic carbocycles. The van der Waals surface area contributed by atoms with Crippen LogP contribution in [0.3, 0.4) is 0 Å². The zero-order chi connectivity index (χ0) is 28.8. The van der Waals surface area contributed by atoms with Crippen LogP contribution in [0.5, 0.6) is 0 Å². The Morgan fingerprint density at radius 2 is 1.85 bits per heavy atom. The van der Waals surface area contributed by atoms with Gasteiger partial charge in [0.1, 0.15) is 10.8 Å². The molecule has 0 radical (unpaired) electrons. The molecule has 1 aromatic heterocycles. The Hall–Kier alpha value is -4.15. The van der Waals surface area contributed by atoms with E-state index in [1.54, 1.807) is 4.90 Å². The predicted octanol–water partition coefficient (Wildman–Crippen LogP) is 6.95. The third-order valence-electron chi connectivity index (χ3n) is 7.25. The second-order valence-corrected chi connectivity index (χ2v) is 11.0. The molecule has 10 heteroatoms. The van der Waals surface area contributed by atoms with Crippen LogP contribution in [0.15, 0.2) is 72.1 Å². The van der Waals surface area contributed by atoms with Gasteiger partial charge in [-0.1, -0.05) is 61.9 Å². The molecule has 1 aliphatic carbocycles. The molecular formula is C31H32FN5O3S. The van der Waals surface area contributed by atoms with Crippen LogP contribution in [0.25, 0.3) is 10.6 Å². The third kappa shape index (κ3) is 6.96. The number of anilines is 1. The zero-order valence-electron chi connectivity index (χ0n) is 22.8. The van der Waals surface area contributed by atoms with Gasteiger partial charge in [-0.3, -0.25) is 10.1 Å². The van der Waals surface area contributed by atoms with Crippen molar-refractivity contribution in [3.05, 3.63) is 110 Å². The molecule has 8 nitrogen and oxygen atoms in total. The highest BCUT2D eigenvalue weighted by Gasteiger charge is 2.31. The molecule has 1 heterocycles. The Morgan fingerprint density at radius 1 is 1.12 bits per heavy atom. The van der Waals surface area contributed by atoms with Gasteiger partial charge in [0.15, 0.2) is 0 Å². The number of amides is 2. The Bertz CT molecular complexity index is 1500. The number of carbonyl (C=O) groups is 1. The van der Waals surface area contributed by atoms with Crippen LogP contribution < -0.4 is 10.6 Å². The van der Waals surface area contributed by atoms with Crippen LogP contribution in [0.2, 0.25) is 0 Å². The Kier molecular flexibility index (Phi) is 9.01. The number of nitrogens with one attached hydrogen (secondary N) is 2. The van der Waals surface area contributed by atoms with Crippen LogP contribution in [-0.4, -0.2) is 33.4 Å².